The Morgan fingerprint density at radius 1 is 1.33 bits per heavy atom. The van der Waals surface area contributed by atoms with E-state index in [1.807, 2.05) is 0 Å². The van der Waals surface area contributed by atoms with E-state index in [-0.39, 0.29) is 0 Å². The fraction of sp³-hybridized carbons (Fsp3) is 0.500. The van der Waals surface area contributed by atoms with Gasteiger partial charge in [0.1, 0.15) is 12.6 Å². The summed E-state index contributed by atoms with van der Waals surface area (Å²) in [5, 5.41) is 2.30. The van der Waals surface area contributed by atoms with Gasteiger partial charge in [-0.3, -0.25) is 0 Å². The smallest absolute Gasteiger partial charge is 0.107 e. The maximum absolute atomic E-state index is 5.09. The van der Waals surface area contributed by atoms with Gasteiger partial charge in [-0.2, -0.15) is 0 Å². The molecule has 0 aliphatic carbocycles. The Hall–Kier alpha value is -0.510. The number of quaternary nitrogens is 1. The Morgan fingerprint density at radius 3 is 2.53 bits per heavy atom. The van der Waals surface area contributed by atoms with E-state index in [2.05, 4.69) is 42.8 Å². The van der Waals surface area contributed by atoms with Crippen LogP contribution in [0.15, 0.2) is 29.2 Å². The van der Waals surface area contributed by atoms with E-state index in [0.717, 1.165) is 13.2 Å². The Bertz CT molecular complexity index is 273. The van der Waals surface area contributed by atoms with Crippen LogP contribution in [0.4, 0.5) is 0 Å². The van der Waals surface area contributed by atoms with E-state index < -0.39 is 0 Å². The lowest BCUT2D eigenvalue weighted by atomic mass is 10.2. The highest BCUT2D eigenvalue weighted by Crippen LogP contribution is 2.14. The molecular formula is C12H20NOS+. The fourth-order valence-corrected chi connectivity index (χ4v) is 1.84. The maximum Gasteiger partial charge on any atom is 0.107 e. The monoisotopic (exact) mass is 226 g/mol. The molecule has 0 saturated carbocycles. The first-order valence-electron chi connectivity index (χ1n) is 5.21. The van der Waals surface area contributed by atoms with Crippen molar-refractivity contribution in [3.8, 4) is 0 Å². The largest absolute Gasteiger partial charge is 0.379 e. The second kappa shape index (κ2) is 6.88. The zero-order valence-electron chi connectivity index (χ0n) is 9.69. The second-order valence-electron chi connectivity index (χ2n) is 3.72. The van der Waals surface area contributed by atoms with Crippen molar-refractivity contribution < 1.29 is 10.1 Å². The first kappa shape index (κ1) is 12.6. The Kier molecular flexibility index (Phi) is 5.76. The van der Waals surface area contributed by atoms with E-state index >= 15 is 0 Å². The quantitative estimate of drug-likeness (QED) is 0.744. The van der Waals surface area contributed by atoms with Gasteiger partial charge in [0, 0.05) is 17.6 Å². The number of methoxy groups -OCH3 is 1. The molecule has 1 aromatic carbocycles. The molecule has 84 valence electrons. The van der Waals surface area contributed by atoms with Crippen molar-refractivity contribution in [2.24, 2.45) is 0 Å². The molecule has 2 nitrogen and oxygen atoms in total. The predicted molar refractivity (Wildman–Crippen MR) is 65.2 cm³/mol. The maximum atomic E-state index is 5.09. The molecule has 1 rings (SSSR count). The lowest BCUT2D eigenvalue weighted by molar-refractivity contribution is -0.702. The molecule has 0 aromatic heterocycles. The molecule has 0 amide bonds. The zero-order valence-corrected chi connectivity index (χ0v) is 10.5. The summed E-state index contributed by atoms with van der Waals surface area (Å²) in [5.74, 6) is 0. The number of hydrogen-bond acceptors (Lipinski definition) is 2. The van der Waals surface area contributed by atoms with Gasteiger partial charge in [0.2, 0.25) is 0 Å². The number of nitrogens with two attached hydrogens (primary N) is 1. The topological polar surface area (TPSA) is 25.8 Å². The fourth-order valence-electron chi connectivity index (χ4n) is 1.43. The third-order valence-corrected chi connectivity index (χ3v) is 3.09. The van der Waals surface area contributed by atoms with Crippen LogP contribution in [0.3, 0.4) is 0 Å². The van der Waals surface area contributed by atoms with Crippen LogP contribution in [0.25, 0.3) is 0 Å². The number of ether oxygens (including phenoxy) is 1. The van der Waals surface area contributed by atoms with E-state index in [4.69, 9.17) is 4.74 Å². The summed E-state index contributed by atoms with van der Waals surface area (Å²) in [6, 6.07) is 9.27. The van der Waals surface area contributed by atoms with Crippen molar-refractivity contribution in [3.05, 3.63) is 29.8 Å². The highest BCUT2D eigenvalue weighted by atomic mass is 32.2. The minimum Gasteiger partial charge on any atom is -0.379 e. The predicted octanol–water partition coefficient (Wildman–Crippen LogP) is 1.51. The summed E-state index contributed by atoms with van der Waals surface area (Å²) < 4.78 is 5.09. The average Bonchev–Trinajstić information content (AvgIpc) is 2.27. The van der Waals surface area contributed by atoms with Crippen LogP contribution in [-0.4, -0.2) is 26.0 Å². The number of hydrogen-bond donors (Lipinski definition) is 1. The van der Waals surface area contributed by atoms with Crippen LogP contribution in [0.1, 0.15) is 12.5 Å². The lowest BCUT2D eigenvalue weighted by Crippen LogP contribution is -2.88. The van der Waals surface area contributed by atoms with Crippen molar-refractivity contribution in [3.63, 3.8) is 0 Å². The molecule has 2 N–H and O–H groups in total. The summed E-state index contributed by atoms with van der Waals surface area (Å²) in [5.41, 5.74) is 1.37. The van der Waals surface area contributed by atoms with Gasteiger partial charge in [-0.05, 0) is 25.3 Å². The van der Waals surface area contributed by atoms with Gasteiger partial charge >= 0.3 is 0 Å². The molecule has 0 radical (unpaired) electrons. The zero-order chi connectivity index (χ0) is 11.1. The van der Waals surface area contributed by atoms with Gasteiger partial charge in [-0.25, -0.2) is 0 Å². The molecular weight excluding hydrogens is 206 g/mol. The number of benzene rings is 1. The molecule has 3 heteroatoms. The van der Waals surface area contributed by atoms with Crippen molar-refractivity contribution >= 4 is 11.8 Å². The molecule has 0 fully saturated rings. The van der Waals surface area contributed by atoms with Gasteiger partial charge in [0.15, 0.2) is 0 Å². The van der Waals surface area contributed by atoms with Gasteiger partial charge < -0.3 is 10.1 Å². The van der Waals surface area contributed by atoms with Crippen molar-refractivity contribution in [1.82, 2.24) is 0 Å². The van der Waals surface area contributed by atoms with Crippen LogP contribution in [-0.2, 0) is 11.3 Å². The van der Waals surface area contributed by atoms with Gasteiger partial charge in [0.05, 0.1) is 6.61 Å². The Labute approximate surface area is 96.4 Å². The molecule has 0 saturated heterocycles. The molecule has 1 unspecified atom stereocenters. The van der Waals surface area contributed by atoms with E-state index in [9.17, 15) is 0 Å². The summed E-state index contributed by atoms with van der Waals surface area (Å²) >= 11 is 1.78. The third kappa shape index (κ3) is 4.69. The third-order valence-electron chi connectivity index (χ3n) is 2.34. The Balaban J connectivity index is 2.37. The standard InChI is InChI=1S/C12H19NOS/c1-10(9-14-2)13-8-11-4-6-12(15-3)7-5-11/h4-7,10,13H,8-9H2,1-3H3/p+1. The SMILES string of the molecule is COCC(C)[NH2+]Cc1ccc(SC)cc1. The molecule has 0 aliphatic heterocycles. The van der Waals surface area contributed by atoms with E-state index in [1.54, 1.807) is 18.9 Å². The minimum absolute atomic E-state index is 0.523. The van der Waals surface area contributed by atoms with Crippen molar-refractivity contribution in [1.29, 1.82) is 0 Å². The number of thioether (sulfide) groups is 1. The molecule has 0 spiro atoms. The normalized spacial score (nSPS) is 12.7. The second-order valence-corrected chi connectivity index (χ2v) is 4.60. The van der Waals surface area contributed by atoms with Gasteiger partial charge in [-0.1, -0.05) is 12.1 Å². The summed E-state index contributed by atoms with van der Waals surface area (Å²) in [4.78, 5) is 1.32. The van der Waals surface area contributed by atoms with Crippen LogP contribution < -0.4 is 5.32 Å². The average molecular weight is 226 g/mol. The van der Waals surface area contributed by atoms with E-state index in [0.29, 0.717) is 6.04 Å². The summed E-state index contributed by atoms with van der Waals surface area (Å²) in [6.07, 6.45) is 2.10. The molecule has 1 aromatic rings. The summed E-state index contributed by atoms with van der Waals surface area (Å²) in [7, 11) is 1.75. The number of rotatable bonds is 6. The highest BCUT2D eigenvalue weighted by molar-refractivity contribution is 7.98. The Morgan fingerprint density at radius 2 is 2.00 bits per heavy atom. The van der Waals surface area contributed by atoms with Crippen molar-refractivity contribution in [2.75, 3.05) is 20.0 Å². The molecule has 0 bridgehead atoms. The van der Waals surface area contributed by atoms with Crippen LogP contribution in [0.2, 0.25) is 0 Å². The molecule has 0 heterocycles. The molecule has 15 heavy (non-hydrogen) atoms. The van der Waals surface area contributed by atoms with Crippen LogP contribution in [0, 0.1) is 0 Å². The highest BCUT2D eigenvalue weighted by Gasteiger charge is 2.03. The van der Waals surface area contributed by atoms with E-state index in [1.165, 1.54) is 10.5 Å². The van der Waals surface area contributed by atoms with Gasteiger partial charge in [0.25, 0.3) is 0 Å². The lowest BCUT2D eigenvalue weighted by Gasteiger charge is -2.09. The summed E-state index contributed by atoms with van der Waals surface area (Å²) in [6.45, 7) is 4.02. The first-order chi connectivity index (χ1) is 7.26. The molecule has 0 aliphatic rings. The molecule has 1 atom stereocenters. The first-order valence-corrected chi connectivity index (χ1v) is 6.44. The minimum atomic E-state index is 0.523. The van der Waals surface area contributed by atoms with Crippen LogP contribution in [0.5, 0.6) is 0 Å². The van der Waals surface area contributed by atoms with Crippen LogP contribution >= 0.6 is 11.8 Å². The van der Waals surface area contributed by atoms with Gasteiger partial charge in [-0.15, -0.1) is 11.8 Å². The van der Waals surface area contributed by atoms with Crippen molar-refractivity contribution in [2.45, 2.75) is 24.4 Å².